The van der Waals surface area contributed by atoms with Crippen molar-refractivity contribution in [3.8, 4) is 0 Å². The van der Waals surface area contributed by atoms with Gasteiger partial charge in [-0.3, -0.25) is 0 Å². The third-order valence-corrected chi connectivity index (χ3v) is 2.71. The highest BCUT2D eigenvalue weighted by molar-refractivity contribution is 4.80. The lowest BCUT2D eigenvalue weighted by Crippen LogP contribution is -2.46. The van der Waals surface area contributed by atoms with E-state index in [2.05, 4.69) is 17.3 Å². The maximum Gasteiger partial charge on any atom is 0.0206 e. The van der Waals surface area contributed by atoms with Gasteiger partial charge in [0.05, 0.1) is 0 Å². The number of piperidine rings is 1. The Balaban J connectivity index is 2.29. The first kappa shape index (κ1) is 9.96. The van der Waals surface area contributed by atoms with Gasteiger partial charge in [0.1, 0.15) is 0 Å². The van der Waals surface area contributed by atoms with Crippen molar-refractivity contribution in [3.63, 3.8) is 0 Å². The van der Waals surface area contributed by atoms with Gasteiger partial charge in [-0.15, -0.1) is 0 Å². The molecule has 1 fully saturated rings. The Hall–Kier alpha value is -0.120. The molecule has 1 aliphatic rings. The topological polar surface area (TPSA) is 41.3 Å². The van der Waals surface area contributed by atoms with E-state index in [-0.39, 0.29) is 0 Å². The average molecular weight is 171 g/mol. The highest BCUT2D eigenvalue weighted by atomic mass is 15.1. The van der Waals surface area contributed by atoms with E-state index in [4.69, 9.17) is 5.73 Å². The molecule has 0 aromatic rings. The second-order valence-electron chi connectivity index (χ2n) is 3.89. The SMILES string of the molecule is CNCC(N)C1CCCN(C)C1. The first-order valence-electron chi connectivity index (χ1n) is 4.82. The number of hydrogen-bond acceptors (Lipinski definition) is 3. The van der Waals surface area contributed by atoms with Crippen LogP contribution in [0.4, 0.5) is 0 Å². The maximum absolute atomic E-state index is 6.03. The number of nitrogens with zero attached hydrogens (tertiary/aromatic N) is 1. The van der Waals surface area contributed by atoms with Crippen molar-refractivity contribution in [1.82, 2.24) is 10.2 Å². The van der Waals surface area contributed by atoms with Crippen LogP contribution in [0.15, 0.2) is 0 Å². The normalized spacial score (nSPS) is 28.8. The predicted molar refractivity (Wildman–Crippen MR) is 52.1 cm³/mol. The summed E-state index contributed by atoms with van der Waals surface area (Å²) in [5.74, 6) is 0.691. The number of nitrogens with two attached hydrogens (primary N) is 1. The second-order valence-corrected chi connectivity index (χ2v) is 3.89. The molecular weight excluding hydrogens is 150 g/mol. The van der Waals surface area contributed by atoms with Gasteiger partial charge in [0.25, 0.3) is 0 Å². The van der Waals surface area contributed by atoms with Gasteiger partial charge in [0.15, 0.2) is 0 Å². The molecule has 1 aliphatic heterocycles. The van der Waals surface area contributed by atoms with Gasteiger partial charge < -0.3 is 16.0 Å². The second kappa shape index (κ2) is 4.80. The lowest BCUT2D eigenvalue weighted by Gasteiger charge is -2.33. The summed E-state index contributed by atoms with van der Waals surface area (Å²) < 4.78 is 0. The van der Waals surface area contributed by atoms with Gasteiger partial charge >= 0.3 is 0 Å². The van der Waals surface area contributed by atoms with Crippen molar-refractivity contribution in [2.45, 2.75) is 18.9 Å². The molecule has 1 saturated heterocycles. The zero-order valence-corrected chi connectivity index (χ0v) is 8.21. The third-order valence-electron chi connectivity index (χ3n) is 2.71. The maximum atomic E-state index is 6.03. The fourth-order valence-corrected chi connectivity index (χ4v) is 1.96. The van der Waals surface area contributed by atoms with Gasteiger partial charge in [0.2, 0.25) is 0 Å². The lowest BCUT2D eigenvalue weighted by atomic mass is 9.91. The predicted octanol–water partition coefficient (Wildman–Crippen LogP) is -0.125. The van der Waals surface area contributed by atoms with E-state index in [0.717, 1.165) is 6.54 Å². The molecule has 0 aromatic carbocycles. The molecule has 0 bridgehead atoms. The molecule has 0 aliphatic carbocycles. The molecule has 2 unspecified atom stereocenters. The zero-order valence-electron chi connectivity index (χ0n) is 8.21. The summed E-state index contributed by atoms with van der Waals surface area (Å²) in [5, 5.41) is 3.14. The summed E-state index contributed by atoms with van der Waals surface area (Å²) in [6.45, 7) is 3.35. The Kier molecular flexibility index (Phi) is 3.98. The first-order valence-corrected chi connectivity index (χ1v) is 4.82. The molecule has 0 radical (unpaired) electrons. The zero-order chi connectivity index (χ0) is 8.97. The molecule has 3 nitrogen and oxygen atoms in total. The van der Waals surface area contributed by atoms with Crippen LogP contribution in [0.2, 0.25) is 0 Å². The summed E-state index contributed by atoms with van der Waals surface area (Å²) >= 11 is 0. The van der Waals surface area contributed by atoms with Crippen LogP contribution in [0.5, 0.6) is 0 Å². The molecule has 0 spiro atoms. The van der Waals surface area contributed by atoms with Crippen molar-refractivity contribution >= 4 is 0 Å². The summed E-state index contributed by atoms with van der Waals surface area (Å²) in [6, 6.07) is 0.331. The van der Waals surface area contributed by atoms with Crippen LogP contribution in [0.25, 0.3) is 0 Å². The van der Waals surface area contributed by atoms with Gasteiger partial charge in [-0.2, -0.15) is 0 Å². The molecular formula is C9H21N3. The quantitative estimate of drug-likeness (QED) is 0.622. The Morgan fingerprint density at radius 3 is 3.00 bits per heavy atom. The minimum absolute atomic E-state index is 0.331. The van der Waals surface area contributed by atoms with Crippen LogP contribution < -0.4 is 11.1 Å². The molecule has 2 atom stereocenters. The van der Waals surface area contributed by atoms with Crippen LogP contribution in [0.3, 0.4) is 0 Å². The number of likely N-dealkylation sites (tertiary alicyclic amines) is 1. The van der Waals surface area contributed by atoms with Crippen molar-refractivity contribution in [2.24, 2.45) is 11.7 Å². The van der Waals surface area contributed by atoms with E-state index in [1.807, 2.05) is 7.05 Å². The lowest BCUT2D eigenvalue weighted by molar-refractivity contribution is 0.187. The van der Waals surface area contributed by atoms with E-state index in [1.165, 1.54) is 25.9 Å². The summed E-state index contributed by atoms with van der Waals surface area (Å²) in [4.78, 5) is 2.38. The molecule has 72 valence electrons. The molecule has 0 aromatic heterocycles. The number of likely N-dealkylation sites (N-methyl/N-ethyl adjacent to an activating group) is 1. The van der Waals surface area contributed by atoms with Crippen molar-refractivity contribution in [2.75, 3.05) is 33.7 Å². The number of rotatable bonds is 3. The van der Waals surface area contributed by atoms with Crippen molar-refractivity contribution in [3.05, 3.63) is 0 Å². The van der Waals surface area contributed by atoms with Crippen LogP contribution in [-0.4, -0.2) is 44.7 Å². The Morgan fingerprint density at radius 1 is 1.67 bits per heavy atom. The number of nitrogens with one attached hydrogen (secondary N) is 1. The smallest absolute Gasteiger partial charge is 0.0206 e. The van der Waals surface area contributed by atoms with Crippen molar-refractivity contribution in [1.29, 1.82) is 0 Å². The molecule has 1 heterocycles. The van der Waals surface area contributed by atoms with Crippen molar-refractivity contribution < 1.29 is 0 Å². The molecule has 0 amide bonds. The minimum Gasteiger partial charge on any atom is -0.326 e. The minimum atomic E-state index is 0.331. The van der Waals surface area contributed by atoms with Crippen LogP contribution in [0, 0.1) is 5.92 Å². The fraction of sp³-hybridized carbons (Fsp3) is 1.00. The standard InChI is InChI=1S/C9H21N3/c1-11-6-9(10)8-4-3-5-12(2)7-8/h8-9,11H,3-7,10H2,1-2H3. The van der Waals surface area contributed by atoms with Gasteiger partial charge in [0, 0.05) is 19.1 Å². The first-order chi connectivity index (χ1) is 5.74. The molecule has 12 heavy (non-hydrogen) atoms. The van der Waals surface area contributed by atoms with Crippen LogP contribution in [0.1, 0.15) is 12.8 Å². The summed E-state index contributed by atoms with van der Waals surface area (Å²) in [7, 11) is 4.14. The Morgan fingerprint density at radius 2 is 2.42 bits per heavy atom. The monoisotopic (exact) mass is 171 g/mol. The largest absolute Gasteiger partial charge is 0.326 e. The van der Waals surface area contributed by atoms with Gasteiger partial charge in [-0.1, -0.05) is 0 Å². The highest BCUT2D eigenvalue weighted by Crippen LogP contribution is 2.16. The van der Waals surface area contributed by atoms with Gasteiger partial charge in [-0.25, -0.2) is 0 Å². The van der Waals surface area contributed by atoms with E-state index in [9.17, 15) is 0 Å². The summed E-state index contributed by atoms with van der Waals surface area (Å²) in [5.41, 5.74) is 6.03. The molecule has 3 N–H and O–H groups in total. The molecule has 3 heteroatoms. The van der Waals surface area contributed by atoms with Gasteiger partial charge in [-0.05, 0) is 39.4 Å². The average Bonchev–Trinajstić information content (AvgIpc) is 2.05. The molecule has 1 rings (SSSR count). The van der Waals surface area contributed by atoms with Crippen LogP contribution >= 0.6 is 0 Å². The van der Waals surface area contributed by atoms with E-state index >= 15 is 0 Å². The third kappa shape index (κ3) is 2.73. The number of hydrogen-bond donors (Lipinski definition) is 2. The Bertz CT molecular complexity index is 127. The summed E-state index contributed by atoms with van der Waals surface area (Å²) in [6.07, 6.45) is 2.60. The Labute approximate surface area is 75.3 Å². The van der Waals surface area contributed by atoms with E-state index in [0.29, 0.717) is 12.0 Å². The van der Waals surface area contributed by atoms with E-state index in [1.54, 1.807) is 0 Å². The highest BCUT2D eigenvalue weighted by Gasteiger charge is 2.22. The van der Waals surface area contributed by atoms with E-state index < -0.39 is 0 Å². The van der Waals surface area contributed by atoms with Crippen LogP contribution in [-0.2, 0) is 0 Å². The molecule has 0 saturated carbocycles. The fourth-order valence-electron chi connectivity index (χ4n) is 1.96.